The summed E-state index contributed by atoms with van der Waals surface area (Å²) in [4.78, 5) is 12.2. The number of carbonyl (C=O) groups excluding carboxylic acids is 1. The number of thioether (sulfide) groups is 1. The van der Waals surface area contributed by atoms with Crippen molar-refractivity contribution in [3.8, 4) is 0 Å². The first-order valence-electron chi connectivity index (χ1n) is 3.89. The Bertz CT molecular complexity index is 243. The van der Waals surface area contributed by atoms with Crippen LogP contribution < -0.4 is 0 Å². The number of rotatable bonds is 2. The quantitative estimate of drug-likeness (QED) is 0.615. The lowest BCUT2D eigenvalue weighted by Crippen LogP contribution is -2.12. The third kappa shape index (κ3) is 1.91. The monoisotopic (exact) mass is 184 g/mol. The maximum atomic E-state index is 11.3. The molecule has 0 saturated carbocycles. The average molecular weight is 184 g/mol. The third-order valence-corrected chi connectivity index (χ3v) is 2.62. The summed E-state index contributed by atoms with van der Waals surface area (Å²) in [5.41, 5.74) is 0.729. The normalized spacial score (nSPS) is 22.3. The van der Waals surface area contributed by atoms with E-state index in [1.54, 1.807) is 24.8 Å². The lowest BCUT2D eigenvalue weighted by atomic mass is 10.2. The summed E-state index contributed by atoms with van der Waals surface area (Å²) in [5.74, 6) is -0.212. The minimum atomic E-state index is -0.212. The molecule has 66 valence electrons. The van der Waals surface area contributed by atoms with Gasteiger partial charge in [-0.2, -0.15) is 0 Å². The molecule has 0 bridgehead atoms. The molecule has 1 heterocycles. The van der Waals surface area contributed by atoms with E-state index in [1.165, 1.54) is 0 Å². The fourth-order valence-corrected chi connectivity index (χ4v) is 2.00. The highest BCUT2D eigenvalue weighted by Crippen LogP contribution is 2.35. The van der Waals surface area contributed by atoms with Crippen LogP contribution in [0.4, 0.5) is 0 Å². The smallest absolute Gasteiger partial charge is 0.335 e. The fourth-order valence-electron chi connectivity index (χ4n) is 1.05. The van der Waals surface area contributed by atoms with Crippen molar-refractivity contribution in [2.24, 2.45) is 0 Å². The summed E-state index contributed by atoms with van der Waals surface area (Å²) < 4.78 is 4.88. The molecule has 1 atom stereocenters. The van der Waals surface area contributed by atoms with Crippen molar-refractivity contribution in [3.05, 3.63) is 23.1 Å². The molecule has 1 unspecified atom stereocenters. The zero-order valence-corrected chi connectivity index (χ0v) is 8.11. The molecule has 0 aromatic heterocycles. The molecule has 0 spiro atoms. The summed E-state index contributed by atoms with van der Waals surface area (Å²) in [6.07, 6.45) is 1.80. The lowest BCUT2D eigenvalue weighted by molar-refractivity contribution is -0.138. The Morgan fingerprint density at radius 1 is 1.83 bits per heavy atom. The first-order chi connectivity index (χ1) is 5.65. The summed E-state index contributed by atoms with van der Waals surface area (Å²) >= 11 is 1.59. The first-order valence-corrected chi connectivity index (χ1v) is 4.77. The molecule has 1 aliphatic rings. The highest BCUT2D eigenvalue weighted by atomic mass is 32.2. The van der Waals surface area contributed by atoms with Crippen molar-refractivity contribution < 1.29 is 9.53 Å². The van der Waals surface area contributed by atoms with E-state index < -0.39 is 0 Å². The maximum Gasteiger partial charge on any atom is 0.335 e. The van der Waals surface area contributed by atoms with E-state index >= 15 is 0 Å². The molecule has 0 aromatic rings. The van der Waals surface area contributed by atoms with E-state index in [-0.39, 0.29) is 11.2 Å². The molecule has 0 aliphatic carbocycles. The predicted molar refractivity (Wildman–Crippen MR) is 50.9 cm³/mol. The Kier molecular flexibility index (Phi) is 2.98. The second-order valence-electron chi connectivity index (χ2n) is 2.55. The van der Waals surface area contributed by atoms with Gasteiger partial charge >= 0.3 is 5.97 Å². The molecule has 0 amide bonds. The molecule has 0 saturated heterocycles. The Balaban J connectivity index is 2.68. The van der Waals surface area contributed by atoms with Crippen LogP contribution in [0.1, 0.15) is 13.8 Å². The van der Waals surface area contributed by atoms with Gasteiger partial charge in [0.25, 0.3) is 0 Å². The Labute approximate surface area is 76.7 Å². The zero-order chi connectivity index (χ0) is 9.14. The number of ether oxygens (including phenoxy) is 1. The van der Waals surface area contributed by atoms with Gasteiger partial charge in [0.15, 0.2) is 0 Å². The molecule has 1 aliphatic heterocycles. The zero-order valence-electron chi connectivity index (χ0n) is 7.29. The van der Waals surface area contributed by atoms with Crippen molar-refractivity contribution in [3.63, 3.8) is 0 Å². The van der Waals surface area contributed by atoms with Crippen molar-refractivity contribution >= 4 is 17.7 Å². The van der Waals surface area contributed by atoms with Crippen molar-refractivity contribution in [1.82, 2.24) is 0 Å². The highest BCUT2D eigenvalue weighted by Gasteiger charge is 2.24. The molecule has 0 fully saturated rings. The summed E-state index contributed by atoms with van der Waals surface area (Å²) in [6, 6.07) is 0. The molecule has 12 heavy (non-hydrogen) atoms. The van der Waals surface area contributed by atoms with Gasteiger partial charge in [-0.1, -0.05) is 6.58 Å². The average Bonchev–Trinajstić information content (AvgIpc) is 2.30. The third-order valence-electron chi connectivity index (χ3n) is 1.59. The predicted octanol–water partition coefficient (Wildman–Crippen LogP) is 2.12. The fraction of sp³-hybridized carbons (Fsp3) is 0.444. The van der Waals surface area contributed by atoms with Gasteiger partial charge in [0, 0.05) is 10.2 Å². The number of hydrogen-bond acceptors (Lipinski definition) is 3. The molecule has 0 aromatic carbocycles. The lowest BCUT2D eigenvalue weighted by Gasteiger charge is -2.06. The van der Waals surface area contributed by atoms with Gasteiger partial charge in [-0.15, -0.1) is 11.8 Å². The topological polar surface area (TPSA) is 26.3 Å². The Hall–Kier alpha value is -0.700. The van der Waals surface area contributed by atoms with Gasteiger partial charge in [0.05, 0.1) is 12.2 Å². The molecule has 2 nitrogen and oxygen atoms in total. The van der Waals surface area contributed by atoms with Gasteiger partial charge in [-0.3, -0.25) is 0 Å². The number of esters is 1. The van der Waals surface area contributed by atoms with Crippen LogP contribution in [-0.2, 0) is 9.53 Å². The van der Waals surface area contributed by atoms with Crippen LogP contribution in [0.2, 0.25) is 0 Å². The standard InChI is InChI=1S/C9H12O2S/c1-4-11-9(10)8-5-6(2)12-7(8)3/h5,7H,2,4H2,1,3H3. The molecule has 1 rings (SSSR count). The Morgan fingerprint density at radius 3 is 2.92 bits per heavy atom. The van der Waals surface area contributed by atoms with E-state index in [0.717, 1.165) is 10.5 Å². The summed E-state index contributed by atoms with van der Waals surface area (Å²) in [6.45, 7) is 7.99. The van der Waals surface area contributed by atoms with E-state index in [1.807, 2.05) is 6.92 Å². The van der Waals surface area contributed by atoms with Crippen molar-refractivity contribution in [2.45, 2.75) is 19.1 Å². The van der Waals surface area contributed by atoms with E-state index in [0.29, 0.717) is 6.61 Å². The molecule has 3 heteroatoms. The first kappa shape index (κ1) is 9.39. The second kappa shape index (κ2) is 3.81. The molecule has 0 N–H and O–H groups in total. The van der Waals surface area contributed by atoms with Gasteiger partial charge < -0.3 is 4.74 Å². The van der Waals surface area contributed by atoms with E-state index in [9.17, 15) is 4.79 Å². The minimum absolute atomic E-state index is 0.191. The van der Waals surface area contributed by atoms with Gasteiger partial charge in [0.1, 0.15) is 0 Å². The van der Waals surface area contributed by atoms with Crippen LogP contribution in [0.25, 0.3) is 0 Å². The molecule has 0 radical (unpaired) electrons. The second-order valence-corrected chi connectivity index (χ2v) is 4.01. The maximum absolute atomic E-state index is 11.3. The molecular weight excluding hydrogens is 172 g/mol. The number of allylic oxidation sites excluding steroid dienone is 1. The van der Waals surface area contributed by atoms with Crippen LogP contribution in [-0.4, -0.2) is 17.8 Å². The minimum Gasteiger partial charge on any atom is -0.463 e. The largest absolute Gasteiger partial charge is 0.463 e. The number of carbonyl (C=O) groups is 1. The van der Waals surface area contributed by atoms with Crippen molar-refractivity contribution in [1.29, 1.82) is 0 Å². The van der Waals surface area contributed by atoms with Gasteiger partial charge in [-0.05, 0) is 19.9 Å². The van der Waals surface area contributed by atoms with Crippen molar-refractivity contribution in [2.75, 3.05) is 6.61 Å². The summed E-state index contributed by atoms with van der Waals surface area (Å²) in [7, 11) is 0. The van der Waals surface area contributed by atoms with Gasteiger partial charge in [0.2, 0.25) is 0 Å². The number of hydrogen-bond donors (Lipinski definition) is 0. The van der Waals surface area contributed by atoms with Crippen LogP contribution in [0.3, 0.4) is 0 Å². The van der Waals surface area contributed by atoms with Crippen LogP contribution >= 0.6 is 11.8 Å². The van der Waals surface area contributed by atoms with Crippen LogP contribution in [0, 0.1) is 0 Å². The summed E-state index contributed by atoms with van der Waals surface area (Å²) in [5, 5.41) is 0.191. The van der Waals surface area contributed by atoms with Crippen LogP contribution in [0.15, 0.2) is 23.1 Å². The van der Waals surface area contributed by atoms with Gasteiger partial charge in [-0.25, -0.2) is 4.79 Å². The highest BCUT2D eigenvalue weighted by molar-refractivity contribution is 8.04. The van der Waals surface area contributed by atoms with Crippen LogP contribution in [0.5, 0.6) is 0 Å². The Morgan fingerprint density at radius 2 is 2.50 bits per heavy atom. The van der Waals surface area contributed by atoms with E-state index in [4.69, 9.17) is 4.74 Å². The SMILES string of the molecule is C=C1C=C(C(=O)OCC)C(C)S1. The molecular formula is C9H12O2S. The van der Waals surface area contributed by atoms with E-state index in [2.05, 4.69) is 6.58 Å².